The Labute approximate surface area is 107 Å². The van der Waals surface area contributed by atoms with E-state index in [1.54, 1.807) is 6.07 Å². The molecule has 0 aromatic carbocycles. The standard InChI is InChI=1S/C13H20N4O/c1-9-5-6-11(12(14)18)13(16-9)17(2)8-10-4-3-7-15-10/h5-6,10,15H,3-4,7-8H2,1-2H3,(H2,14,18). The average Bonchev–Trinajstić information content (AvgIpc) is 2.81. The molecule has 1 amide bonds. The summed E-state index contributed by atoms with van der Waals surface area (Å²) in [5, 5.41) is 3.43. The van der Waals surface area contributed by atoms with E-state index in [1.165, 1.54) is 12.8 Å². The molecule has 1 aromatic heterocycles. The Bertz CT molecular complexity index is 441. The van der Waals surface area contributed by atoms with Gasteiger partial charge in [-0.3, -0.25) is 4.79 Å². The minimum Gasteiger partial charge on any atom is -0.365 e. The van der Waals surface area contributed by atoms with Gasteiger partial charge < -0.3 is 16.0 Å². The summed E-state index contributed by atoms with van der Waals surface area (Å²) in [6.45, 7) is 3.83. The van der Waals surface area contributed by atoms with Gasteiger partial charge in [0.1, 0.15) is 5.82 Å². The van der Waals surface area contributed by atoms with Gasteiger partial charge in [-0.2, -0.15) is 0 Å². The molecule has 0 aliphatic carbocycles. The molecule has 0 bridgehead atoms. The summed E-state index contributed by atoms with van der Waals surface area (Å²) in [6, 6.07) is 4.03. The minimum atomic E-state index is -0.427. The molecule has 3 N–H and O–H groups in total. The van der Waals surface area contributed by atoms with E-state index in [2.05, 4.69) is 10.3 Å². The van der Waals surface area contributed by atoms with Crippen molar-refractivity contribution >= 4 is 11.7 Å². The molecule has 5 heteroatoms. The van der Waals surface area contributed by atoms with Gasteiger partial charge in [0.15, 0.2) is 0 Å². The Hall–Kier alpha value is -1.62. The van der Waals surface area contributed by atoms with E-state index in [0.29, 0.717) is 17.4 Å². The minimum absolute atomic E-state index is 0.427. The van der Waals surface area contributed by atoms with Crippen LogP contribution in [0.2, 0.25) is 0 Å². The van der Waals surface area contributed by atoms with Crippen LogP contribution in [-0.4, -0.2) is 37.1 Å². The highest BCUT2D eigenvalue weighted by molar-refractivity contribution is 5.97. The van der Waals surface area contributed by atoms with Gasteiger partial charge >= 0.3 is 0 Å². The molecule has 2 rings (SSSR count). The zero-order chi connectivity index (χ0) is 13.1. The van der Waals surface area contributed by atoms with E-state index in [9.17, 15) is 4.79 Å². The first-order valence-electron chi connectivity index (χ1n) is 6.30. The number of nitrogens with two attached hydrogens (primary N) is 1. The number of nitrogens with one attached hydrogen (secondary N) is 1. The molecule has 0 saturated carbocycles. The van der Waals surface area contributed by atoms with E-state index in [-0.39, 0.29) is 0 Å². The predicted octanol–water partition coefficient (Wildman–Crippen LogP) is 0.677. The lowest BCUT2D eigenvalue weighted by Gasteiger charge is -2.24. The Morgan fingerprint density at radius 2 is 2.39 bits per heavy atom. The van der Waals surface area contributed by atoms with Crippen LogP contribution in [0, 0.1) is 6.92 Å². The van der Waals surface area contributed by atoms with Crippen LogP contribution in [0.4, 0.5) is 5.82 Å². The molecule has 5 nitrogen and oxygen atoms in total. The number of hydrogen-bond donors (Lipinski definition) is 2. The van der Waals surface area contributed by atoms with Crippen LogP contribution in [0.1, 0.15) is 28.9 Å². The number of primary amides is 1. The zero-order valence-electron chi connectivity index (χ0n) is 10.9. The summed E-state index contributed by atoms with van der Waals surface area (Å²) in [7, 11) is 1.95. The van der Waals surface area contributed by atoms with Crippen LogP contribution in [0.5, 0.6) is 0 Å². The highest BCUT2D eigenvalue weighted by Gasteiger charge is 2.19. The van der Waals surface area contributed by atoms with Crippen LogP contribution in [0.15, 0.2) is 12.1 Å². The predicted molar refractivity (Wildman–Crippen MR) is 71.8 cm³/mol. The molecular formula is C13H20N4O. The summed E-state index contributed by atoms with van der Waals surface area (Å²) in [5.74, 6) is 0.250. The Morgan fingerprint density at radius 3 is 3.00 bits per heavy atom. The van der Waals surface area contributed by atoms with Crippen molar-refractivity contribution in [3.8, 4) is 0 Å². The van der Waals surface area contributed by atoms with Crippen molar-refractivity contribution in [1.82, 2.24) is 10.3 Å². The zero-order valence-corrected chi connectivity index (χ0v) is 10.9. The van der Waals surface area contributed by atoms with E-state index in [4.69, 9.17) is 5.73 Å². The topological polar surface area (TPSA) is 71.2 Å². The van der Waals surface area contributed by atoms with E-state index < -0.39 is 5.91 Å². The number of nitrogens with zero attached hydrogens (tertiary/aromatic N) is 2. The quantitative estimate of drug-likeness (QED) is 0.822. The van der Waals surface area contributed by atoms with Crippen LogP contribution in [-0.2, 0) is 0 Å². The van der Waals surface area contributed by atoms with Crippen molar-refractivity contribution in [3.63, 3.8) is 0 Å². The van der Waals surface area contributed by atoms with E-state index >= 15 is 0 Å². The monoisotopic (exact) mass is 248 g/mol. The summed E-state index contributed by atoms with van der Waals surface area (Å²) >= 11 is 0. The second-order valence-corrected chi connectivity index (χ2v) is 4.86. The fourth-order valence-corrected chi connectivity index (χ4v) is 2.36. The third-order valence-corrected chi connectivity index (χ3v) is 3.30. The van der Waals surface area contributed by atoms with Crippen molar-refractivity contribution < 1.29 is 4.79 Å². The molecule has 1 saturated heterocycles. The molecule has 1 aliphatic rings. The van der Waals surface area contributed by atoms with Crippen LogP contribution in [0.3, 0.4) is 0 Å². The van der Waals surface area contributed by atoms with Gasteiger partial charge in [-0.05, 0) is 38.4 Å². The molecule has 0 spiro atoms. The normalized spacial score (nSPS) is 18.9. The molecule has 0 radical (unpaired) electrons. The number of anilines is 1. The first kappa shape index (κ1) is 12.8. The number of hydrogen-bond acceptors (Lipinski definition) is 4. The van der Waals surface area contributed by atoms with E-state index in [0.717, 1.165) is 18.8 Å². The lowest BCUT2D eigenvalue weighted by molar-refractivity contribution is 0.100. The largest absolute Gasteiger partial charge is 0.365 e. The van der Waals surface area contributed by atoms with Gasteiger partial charge in [-0.25, -0.2) is 4.98 Å². The van der Waals surface area contributed by atoms with Gasteiger partial charge in [0.25, 0.3) is 5.91 Å². The molecule has 18 heavy (non-hydrogen) atoms. The Balaban J connectivity index is 2.19. The molecule has 1 unspecified atom stereocenters. The molecule has 1 fully saturated rings. The lowest BCUT2D eigenvalue weighted by Crippen LogP contribution is -2.36. The Kier molecular flexibility index (Phi) is 3.81. The van der Waals surface area contributed by atoms with Gasteiger partial charge in [0.05, 0.1) is 5.56 Å². The summed E-state index contributed by atoms with van der Waals surface area (Å²) in [4.78, 5) is 17.9. The van der Waals surface area contributed by atoms with E-state index in [1.807, 2.05) is 24.9 Å². The second kappa shape index (κ2) is 5.35. The second-order valence-electron chi connectivity index (χ2n) is 4.86. The maximum Gasteiger partial charge on any atom is 0.252 e. The highest BCUT2D eigenvalue weighted by atomic mass is 16.1. The van der Waals surface area contributed by atoms with Crippen molar-refractivity contribution in [1.29, 1.82) is 0 Å². The van der Waals surface area contributed by atoms with Crippen molar-refractivity contribution in [3.05, 3.63) is 23.4 Å². The molecule has 98 valence electrons. The number of carbonyl (C=O) groups is 1. The summed E-state index contributed by atoms with van der Waals surface area (Å²) < 4.78 is 0. The van der Waals surface area contributed by atoms with Gasteiger partial charge in [-0.15, -0.1) is 0 Å². The SMILES string of the molecule is Cc1ccc(C(N)=O)c(N(C)CC2CCCN2)n1. The van der Waals surface area contributed by atoms with Gasteiger partial charge in [0.2, 0.25) is 0 Å². The lowest BCUT2D eigenvalue weighted by atomic mass is 10.2. The fourth-order valence-electron chi connectivity index (χ4n) is 2.36. The number of rotatable bonds is 4. The van der Waals surface area contributed by atoms with Crippen LogP contribution in [0.25, 0.3) is 0 Å². The third kappa shape index (κ3) is 2.79. The maximum atomic E-state index is 11.4. The van der Waals surface area contributed by atoms with Crippen LogP contribution >= 0.6 is 0 Å². The number of amides is 1. The summed E-state index contributed by atoms with van der Waals surface area (Å²) in [5.41, 5.74) is 6.77. The molecule has 2 heterocycles. The van der Waals surface area contributed by atoms with Gasteiger partial charge in [0, 0.05) is 25.3 Å². The number of likely N-dealkylation sites (N-methyl/N-ethyl adjacent to an activating group) is 1. The molecule has 1 aliphatic heterocycles. The van der Waals surface area contributed by atoms with Crippen LogP contribution < -0.4 is 16.0 Å². The highest BCUT2D eigenvalue weighted by Crippen LogP contribution is 2.18. The third-order valence-electron chi connectivity index (χ3n) is 3.30. The number of pyridine rings is 1. The molecule has 1 aromatic rings. The first-order chi connectivity index (χ1) is 8.58. The fraction of sp³-hybridized carbons (Fsp3) is 0.538. The number of aromatic nitrogens is 1. The maximum absolute atomic E-state index is 11.4. The van der Waals surface area contributed by atoms with Crippen molar-refractivity contribution in [2.75, 3.05) is 25.0 Å². The van der Waals surface area contributed by atoms with Crippen molar-refractivity contribution in [2.24, 2.45) is 5.73 Å². The van der Waals surface area contributed by atoms with Gasteiger partial charge in [-0.1, -0.05) is 0 Å². The number of aryl methyl sites for hydroxylation is 1. The Morgan fingerprint density at radius 1 is 1.61 bits per heavy atom. The number of carbonyl (C=O) groups excluding carboxylic acids is 1. The molecule has 1 atom stereocenters. The first-order valence-corrected chi connectivity index (χ1v) is 6.30. The average molecular weight is 248 g/mol. The van der Waals surface area contributed by atoms with Crippen molar-refractivity contribution in [2.45, 2.75) is 25.8 Å². The smallest absolute Gasteiger partial charge is 0.252 e. The molecular weight excluding hydrogens is 228 g/mol. The summed E-state index contributed by atoms with van der Waals surface area (Å²) in [6.07, 6.45) is 2.38.